The molecule has 18 heavy (non-hydrogen) atoms. The van der Waals surface area contributed by atoms with E-state index in [1.165, 1.54) is 9.75 Å². The van der Waals surface area contributed by atoms with E-state index in [4.69, 9.17) is 4.74 Å². The molecule has 1 unspecified atom stereocenters. The average Bonchev–Trinajstić information content (AvgIpc) is 2.81. The molecule has 0 aliphatic heterocycles. The largest absolute Gasteiger partial charge is 0.496 e. The summed E-state index contributed by atoms with van der Waals surface area (Å²) in [6, 6.07) is 12.3. The van der Waals surface area contributed by atoms with Gasteiger partial charge in [0.15, 0.2) is 0 Å². The lowest BCUT2D eigenvalue weighted by atomic mass is 10.1. The van der Waals surface area contributed by atoms with Crippen LogP contribution in [0.3, 0.4) is 0 Å². The molecule has 2 nitrogen and oxygen atoms in total. The normalized spacial score (nSPS) is 12.8. The van der Waals surface area contributed by atoms with Gasteiger partial charge in [-0.1, -0.05) is 18.2 Å². The van der Waals surface area contributed by atoms with Crippen LogP contribution in [0.2, 0.25) is 0 Å². The number of ether oxygens (including phenoxy) is 1. The van der Waals surface area contributed by atoms with Gasteiger partial charge in [0.2, 0.25) is 0 Å². The van der Waals surface area contributed by atoms with Gasteiger partial charge in [-0.2, -0.15) is 0 Å². The number of aliphatic imine (C=N–C) groups is 1. The van der Waals surface area contributed by atoms with Gasteiger partial charge in [-0.3, -0.25) is 4.99 Å². The van der Waals surface area contributed by atoms with Crippen LogP contribution < -0.4 is 4.74 Å². The maximum absolute atomic E-state index is 5.35. The van der Waals surface area contributed by atoms with Gasteiger partial charge < -0.3 is 4.74 Å². The zero-order valence-electron chi connectivity index (χ0n) is 10.9. The highest BCUT2D eigenvalue weighted by Gasteiger charge is 2.08. The maximum atomic E-state index is 5.35. The number of benzene rings is 1. The number of aryl methyl sites for hydroxylation is 1. The number of nitrogens with zero attached hydrogens (tertiary/aromatic N) is 1. The summed E-state index contributed by atoms with van der Waals surface area (Å²) in [7, 11) is 1.69. The van der Waals surface area contributed by atoms with Gasteiger partial charge in [0, 0.05) is 21.5 Å². The lowest BCUT2D eigenvalue weighted by Crippen LogP contribution is -1.95. The van der Waals surface area contributed by atoms with Crippen molar-refractivity contribution in [2.45, 2.75) is 19.9 Å². The van der Waals surface area contributed by atoms with Gasteiger partial charge in [0.25, 0.3) is 0 Å². The minimum Gasteiger partial charge on any atom is -0.496 e. The zero-order chi connectivity index (χ0) is 13.0. The van der Waals surface area contributed by atoms with E-state index in [0.717, 1.165) is 11.3 Å². The van der Waals surface area contributed by atoms with Crippen LogP contribution in [0.1, 0.15) is 28.3 Å². The number of hydrogen-bond donors (Lipinski definition) is 0. The van der Waals surface area contributed by atoms with Crippen molar-refractivity contribution in [2.24, 2.45) is 4.99 Å². The fourth-order valence-corrected chi connectivity index (χ4v) is 2.56. The Morgan fingerprint density at radius 2 is 2.00 bits per heavy atom. The highest BCUT2D eigenvalue weighted by molar-refractivity contribution is 7.13. The monoisotopic (exact) mass is 259 g/mol. The van der Waals surface area contributed by atoms with E-state index in [0.29, 0.717) is 0 Å². The summed E-state index contributed by atoms with van der Waals surface area (Å²) in [6.45, 7) is 4.18. The van der Waals surface area contributed by atoms with Crippen LogP contribution in [0.5, 0.6) is 5.75 Å². The van der Waals surface area contributed by atoms with Crippen molar-refractivity contribution in [3.8, 4) is 5.75 Å². The zero-order valence-corrected chi connectivity index (χ0v) is 11.7. The molecular formula is C15H17NOS. The quantitative estimate of drug-likeness (QED) is 0.752. The molecule has 3 heteroatoms. The Labute approximate surface area is 112 Å². The first-order valence-electron chi connectivity index (χ1n) is 5.93. The lowest BCUT2D eigenvalue weighted by molar-refractivity contribution is 0.407. The van der Waals surface area contributed by atoms with Crippen LogP contribution >= 0.6 is 11.3 Å². The molecule has 0 amide bonds. The Bertz CT molecular complexity index is 545. The van der Waals surface area contributed by atoms with E-state index in [1.54, 1.807) is 18.4 Å². The van der Waals surface area contributed by atoms with Gasteiger partial charge in [-0.15, -0.1) is 11.3 Å². The molecule has 1 atom stereocenters. The third kappa shape index (κ3) is 2.99. The molecule has 1 aromatic heterocycles. The minimum atomic E-state index is 0.101. The highest BCUT2D eigenvalue weighted by Crippen LogP contribution is 2.27. The number of thiophene rings is 1. The Morgan fingerprint density at radius 1 is 1.22 bits per heavy atom. The molecule has 0 bridgehead atoms. The van der Waals surface area contributed by atoms with E-state index in [1.807, 2.05) is 24.4 Å². The molecule has 2 aromatic rings. The highest BCUT2D eigenvalue weighted by atomic mass is 32.1. The summed E-state index contributed by atoms with van der Waals surface area (Å²) in [6.07, 6.45) is 1.94. The van der Waals surface area contributed by atoms with Crippen molar-refractivity contribution < 1.29 is 4.74 Å². The maximum Gasteiger partial charge on any atom is 0.124 e. The fraction of sp³-hybridized carbons (Fsp3) is 0.267. The average molecular weight is 259 g/mol. The second-order valence-electron chi connectivity index (χ2n) is 4.14. The number of rotatable bonds is 4. The summed E-state index contributed by atoms with van der Waals surface area (Å²) in [5.41, 5.74) is 1.12. The molecule has 0 fully saturated rings. The first kappa shape index (κ1) is 12.8. The number of hydrogen-bond acceptors (Lipinski definition) is 3. The predicted octanol–water partition coefficient (Wildman–Crippen LogP) is 4.25. The van der Waals surface area contributed by atoms with Crippen molar-refractivity contribution in [3.63, 3.8) is 0 Å². The molecule has 0 aliphatic rings. The molecule has 0 saturated carbocycles. The van der Waals surface area contributed by atoms with Gasteiger partial charge in [-0.25, -0.2) is 0 Å². The molecule has 2 rings (SSSR count). The van der Waals surface area contributed by atoms with E-state index >= 15 is 0 Å². The Balaban J connectivity index is 2.16. The molecule has 94 valence electrons. The lowest BCUT2D eigenvalue weighted by Gasteiger charge is -2.11. The van der Waals surface area contributed by atoms with Crippen LogP contribution in [-0.4, -0.2) is 13.3 Å². The summed E-state index contributed by atoms with van der Waals surface area (Å²) in [5.74, 6) is 0.893. The Morgan fingerprint density at radius 3 is 2.67 bits per heavy atom. The van der Waals surface area contributed by atoms with Crippen LogP contribution in [0.15, 0.2) is 41.4 Å². The predicted molar refractivity (Wildman–Crippen MR) is 78.1 cm³/mol. The van der Waals surface area contributed by atoms with Gasteiger partial charge >= 0.3 is 0 Å². The molecule has 1 heterocycles. The van der Waals surface area contributed by atoms with E-state index < -0.39 is 0 Å². The Hall–Kier alpha value is -1.61. The first-order chi connectivity index (χ1) is 8.70. The van der Waals surface area contributed by atoms with Gasteiger partial charge in [0.05, 0.1) is 13.2 Å². The molecule has 0 aliphatic carbocycles. The van der Waals surface area contributed by atoms with E-state index in [9.17, 15) is 0 Å². The fourth-order valence-electron chi connectivity index (χ4n) is 1.80. The van der Waals surface area contributed by atoms with Gasteiger partial charge in [-0.05, 0) is 32.0 Å². The second-order valence-corrected chi connectivity index (χ2v) is 5.46. The van der Waals surface area contributed by atoms with Crippen molar-refractivity contribution in [3.05, 3.63) is 51.7 Å². The molecule has 0 spiro atoms. The summed E-state index contributed by atoms with van der Waals surface area (Å²) >= 11 is 1.75. The summed E-state index contributed by atoms with van der Waals surface area (Å²) < 4.78 is 5.35. The SMILES string of the molecule is COc1ccccc1C(C)/N=C/c1ccc(C)s1. The number of para-hydroxylation sites is 1. The minimum absolute atomic E-state index is 0.101. The molecule has 1 aromatic carbocycles. The van der Waals surface area contributed by atoms with Crippen LogP contribution in [0, 0.1) is 6.92 Å². The van der Waals surface area contributed by atoms with Crippen LogP contribution in [0.4, 0.5) is 0 Å². The van der Waals surface area contributed by atoms with Crippen LogP contribution in [-0.2, 0) is 0 Å². The van der Waals surface area contributed by atoms with Crippen molar-refractivity contribution in [1.29, 1.82) is 0 Å². The molecular weight excluding hydrogens is 242 g/mol. The smallest absolute Gasteiger partial charge is 0.124 e. The third-order valence-electron chi connectivity index (χ3n) is 2.78. The van der Waals surface area contributed by atoms with Gasteiger partial charge in [0.1, 0.15) is 5.75 Å². The van der Waals surface area contributed by atoms with Crippen molar-refractivity contribution >= 4 is 17.6 Å². The van der Waals surface area contributed by atoms with Crippen molar-refractivity contribution in [2.75, 3.05) is 7.11 Å². The number of methoxy groups -OCH3 is 1. The van der Waals surface area contributed by atoms with Crippen LogP contribution in [0.25, 0.3) is 0 Å². The standard InChI is InChI=1S/C15H17NOS/c1-11-8-9-13(18-11)10-16-12(2)14-6-4-5-7-15(14)17-3/h4-10,12H,1-3H3/b16-10+. The summed E-state index contributed by atoms with van der Waals surface area (Å²) in [4.78, 5) is 7.09. The summed E-state index contributed by atoms with van der Waals surface area (Å²) in [5, 5.41) is 0. The molecule has 0 saturated heterocycles. The van der Waals surface area contributed by atoms with Crippen molar-refractivity contribution in [1.82, 2.24) is 0 Å². The second kappa shape index (κ2) is 5.83. The van der Waals surface area contributed by atoms with E-state index in [2.05, 4.69) is 37.0 Å². The molecule has 0 radical (unpaired) electrons. The topological polar surface area (TPSA) is 21.6 Å². The third-order valence-corrected chi connectivity index (χ3v) is 3.71. The van der Waals surface area contributed by atoms with E-state index in [-0.39, 0.29) is 6.04 Å². The Kier molecular flexibility index (Phi) is 4.15. The molecule has 0 N–H and O–H groups in total. The first-order valence-corrected chi connectivity index (χ1v) is 6.75.